The minimum atomic E-state index is -2.88. The number of pyridine rings is 1. The smallest absolute Gasteiger partial charge is 0.387 e. The van der Waals surface area contributed by atoms with E-state index in [1.54, 1.807) is 30.5 Å². The molecule has 5 nitrogen and oxygen atoms in total. The fourth-order valence-corrected chi connectivity index (χ4v) is 2.38. The second kappa shape index (κ2) is 8.86. The molecule has 25 heavy (non-hydrogen) atoms. The van der Waals surface area contributed by atoms with Gasteiger partial charge in [-0.25, -0.2) is 5.43 Å². The molecule has 1 aromatic carbocycles. The highest BCUT2D eigenvalue weighted by molar-refractivity contribution is 5.85. The van der Waals surface area contributed by atoms with Crippen molar-refractivity contribution in [1.29, 1.82) is 0 Å². The van der Waals surface area contributed by atoms with E-state index in [1.807, 2.05) is 19.9 Å². The summed E-state index contributed by atoms with van der Waals surface area (Å²) in [7, 11) is 0. The van der Waals surface area contributed by atoms with E-state index in [0.29, 0.717) is 11.3 Å². The number of nitrogens with zero attached hydrogens (tertiary/aromatic N) is 2. The molecule has 132 valence electrons. The lowest BCUT2D eigenvalue weighted by Gasteiger charge is -2.19. The van der Waals surface area contributed by atoms with Gasteiger partial charge in [-0.05, 0) is 35.7 Å². The number of carbonyl (C=O) groups excluding carboxylic acids is 1. The highest BCUT2D eigenvalue weighted by Crippen LogP contribution is 2.27. The number of hydrazone groups is 1. The van der Waals surface area contributed by atoms with E-state index in [4.69, 9.17) is 0 Å². The summed E-state index contributed by atoms with van der Waals surface area (Å²) in [6.07, 6.45) is 3.08. The molecule has 0 unspecified atom stereocenters. The van der Waals surface area contributed by atoms with Crippen LogP contribution < -0.4 is 10.2 Å². The summed E-state index contributed by atoms with van der Waals surface area (Å²) in [6.45, 7) is 0.919. The van der Waals surface area contributed by atoms with Gasteiger partial charge < -0.3 is 4.74 Å². The number of rotatable bonds is 7. The van der Waals surface area contributed by atoms with Gasteiger partial charge in [-0.15, -0.1) is 0 Å². The van der Waals surface area contributed by atoms with E-state index in [2.05, 4.69) is 20.2 Å². The van der Waals surface area contributed by atoms with Crippen molar-refractivity contribution >= 4 is 12.1 Å². The van der Waals surface area contributed by atoms with Crippen LogP contribution in [0.2, 0.25) is 0 Å². The zero-order chi connectivity index (χ0) is 18.2. The number of nitrogens with one attached hydrogen (secondary N) is 1. The van der Waals surface area contributed by atoms with Crippen LogP contribution in [0.25, 0.3) is 0 Å². The van der Waals surface area contributed by atoms with Crippen LogP contribution >= 0.6 is 0 Å². The first kappa shape index (κ1) is 18.5. The van der Waals surface area contributed by atoms with Crippen molar-refractivity contribution in [2.75, 3.05) is 0 Å². The van der Waals surface area contributed by atoms with Gasteiger partial charge in [0.25, 0.3) is 0 Å². The molecule has 0 aliphatic heterocycles. The Labute approximate surface area is 144 Å². The van der Waals surface area contributed by atoms with Crippen LogP contribution in [0.3, 0.4) is 0 Å². The van der Waals surface area contributed by atoms with Crippen molar-refractivity contribution in [2.24, 2.45) is 11.0 Å². The maximum atomic E-state index is 12.4. The summed E-state index contributed by atoms with van der Waals surface area (Å²) in [5.74, 6) is -0.715. The topological polar surface area (TPSA) is 63.6 Å². The van der Waals surface area contributed by atoms with Crippen LogP contribution in [0.15, 0.2) is 53.8 Å². The Hall–Kier alpha value is -2.83. The van der Waals surface area contributed by atoms with E-state index in [9.17, 15) is 13.6 Å². The molecule has 0 radical (unpaired) electrons. The number of ether oxygens (including phenoxy) is 1. The predicted molar refractivity (Wildman–Crippen MR) is 90.6 cm³/mol. The Morgan fingerprint density at radius 1 is 1.20 bits per heavy atom. The molecule has 2 aromatic rings. The molecular formula is C18H19F2N3O2. The molecule has 2 rings (SSSR count). The minimum Gasteiger partial charge on any atom is -0.435 e. The SMILES string of the molecule is CC(C)[C@H](C(=O)N/N=C\c1ccccn1)c1ccc(OC(F)F)cc1. The van der Waals surface area contributed by atoms with Crippen LogP contribution in [0.1, 0.15) is 31.0 Å². The largest absolute Gasteiger partial charge is 0.435 e. The third-order valence-corrected chi connectivity index (χ3v) is 3.47. The molecule has 1 N–H and O–H groups in total. The van der Waals surface area contributed by atoms with E-state index in [-0.39, 0.29) is 17.6 Å². The first-order valence-electron chi connectivity index (χ1n) is 7.76. The van der Waals surface area contributed by atoms with Crippen LogP contribution in [0.4, 0.5) is 8.78 Å². The number of hydrogen-bond donors (Lipinski definition) is 1. The van der Waals surface area contributed by atoms with Gasteiger partial charge in [-0.3, -0.25) is 9.78 Å². The van der Waals surface area contributed by atoms with E-state index < -0.39 is 12.5 Å². The molecule has 0 spiro atoms. The summed E-state index contributed by atoms with van der Waals surface area (Å²) in [5.41, 5.74) is 3.82. The fraction of sp³-hybridized carbons (Fsp3) is 0.278. The van der Waals surface area contributed by atoms with Crippen LogP contribution in [-0.4, -0.2) is 23.7 Å². The van der Waals surface area contributed by atoms with Gasteiger partial charge in [0.05, 0.1) is 17.8 Å². The van der Waals surface area contributed by atoms with Gasteiger partial charge in [0.1, 0.15) is 5.75 Å². The third kappa shape index (κ3) is 5.63. The summed E-state index contributed by atoms with van der Waals surface area (Å²) < 4.78 is 28.7. The zero-order valence-electron chi connectivity index (χ0n) is 13.9. The maximum absolute atomic E-state index is 12.4. The molecule has 7 heteroatoms. The number of carbonyl (C=O) groups is 1. The monoisotopic (exact) mass is 347 g/mol. The maximum Gasteiger partial charge on any atom is 0.387 e. The molecule has 0 saturated heterocycles. The van der Waals surface area contributed by atoms with E-state index in [0.717, 1.165) is 0 Å². The zero-order valence-corrected chi connectivity index (χ0v) is 13.9. The van der Waals surface area contributed by atoms with Crippen molar-refractivity contribution in [3.63, 3.8) is 0 Å². The van der Waals surface area contributed by atoms with Crippen molar-refractivity contribution in [3.8, 4) is 5.75 Å². The summed E-state index contributed by atoms with van der Waals surface area (Å²) in [5, 5.41) is 3.92. The van der Waals surface area contributed by atoms with Crippen molar-refractivity contribution in [1.82, 2.24) is 10.4 Å². The average Bonchev–Trinajstić information content (AvgIpc) is 2.57. The second-order valence-corrected chi connectivity index (χ2v) is 5.66. The molecule has 0 saturated carbocycles. The molecule has 1 amide bonds. The lowest BCUT2D eigenvalue weighted by molar-refractivity contribution is -0.123. The van der Waals surface area contributed by atoms with Gasteiger partial charge in [-0.2, -0.15) is 13.9 Å². The van der Waals surface area contributed by atoms with Crippen molar-refractivity contribution in [3.05, 3.63) is 59.9 Å². The summed E-state index contributed by atoms with van der Waals surface area (Å²) in [4.78, 5) is 16.5. The highest BCUT2D eigenvalue weighted by atomic mass is 19.3. The van der Waals surface area contributed by atoms with Crippen molar-refractivity contribution < 1.29 is 18.3 Å². The molecule has 0 bridgehead atoms. The van der Waals surface area contributed by atoms with Gasteiger partial charge in [0.15, 0.2) is 0 Å². The van der Waals surface area contributed by atoms with Gasteiger partial charge in [0, 0.05) is 6.20 Å². The Morgan fingerprint density at radius 3 is 2.48 bits per heavy atom. The summed E-state index contributed by atoms with van der Waals surface area (Å²) >= 11 is 0. The molecule has 1 atom stereocenters. The highest BCUT2D eigenvalue weighted by Gasteiger charge is 2.24. The standard InChI is InChI=1S/C18H19F2N3O2/c1-12(2)16(13-6-8-15(9-7-13)25-18(19)20)17(24)23-22-11-14-5-3-4-10-21-14/h3-12,16,18H,1-2H3,(H,23,24)/b22-11-/t16-/m0/s1. The van der Waals surface area contributed by atoms with Gasteiger partial charge in [-0.1, -0.05) is 32.0 Å². The van der Waals surface area contributed by atoms with Crippen LogP contribution in [0, 0.1) is 5.92 Å². The predicted octanol–water partition coefficient (Wildman–Crippen LogP) is 3.57. The fourth-order valence-electron chi connectivity index (χ4n) is 2.38. The Balaban J connectivity index is 2.06. The van der Waals surface area contributed by atoms with Gasteiger partial charge >= 0.3 is 6.61 Å². The quantitative estimate of drug-likeness (QED) is 0.615. The number of halogens is 2. The lowest BCUT2D eigenvalue weighted by atomic mass is 9.88. The number of aromatic nitrogens is 1. The number of alkyl halides is 2. The Morgan fingerprint density at radius 2 is 1.92 bits per heavy atom. The number of benzene rings is 1. The lowest BCUT2D eigenvalue weighted by Crippen LogP contribution is -2.28. The molecule has 0 fully saturated rings. The van der Waals surface area contributed by atoms with E-state index >= 15 is 0 Å². The summed E-state index contributed by atoms with van der Waals surface area (Å²) in [6, 6.07) is 11.4. The molecule has 1 heterocycles. The first-order valence-corrected chi connectivity index (χ1v) is 7.76. The number of amides is 1. The molecular weight excluding hydrogens is 328 g/mol. The molecule has 0 aliphatic rings. The average molecular weight is 347 g/mol. The third-order valence-electron chi connectivity index (χ3n) is 3.47. The first-order chi connectivity index (χ1) is 12.0. The van der Waals surface area contributed by atoms with E-state index in [1.165, 1.54) is 18.3 Å². The molecule has 0 aliphatic carbocycles. The minimum absolute atomic E-state index is 0.00748. The second-order valence-electron chi connectivity index (χ2n) is 5.66. The van der Waals surface area contributed by atoms with Gasteiger partial charge in [0.2, 0.25) is 5.91 Å². The molecule has 1 aromatic heterocycles. The number of hydrogen-bond acceptors (Lipinski definition) is 4. The Kier molecular flexibility index (Phi) is 6.56. The van der Waals surface area contributed by atoms with Crippen molar-refractivity contribution in [2.45, 2.75) is 26.4 Å². The Bertz CT molecular complexity index is 704. The normalized spacial score (nSPS) is 12.6. The van der Waals surface area contributed by atoms with Crippen LogP contribution in [0.5, 0.6) is 5.75 Å². The van der Waals surface area contributed by atoms with Crippen LogP contribution in [-0.2, 0) is 4.79 Å².